The van der Waals surface area contributed by atoms with Gasteiger partial charge in [0.05, 0.1) is 25.1 Å². The SMILES string of the molecule is CCOc1ccc(CCN2C(=O)c3ccc(-c4ccco4)n3CC2(C)C(=O)NC2CCCCC2)cc1. The van der Waals surface area contributed by atoms with Crippen molar-refractivity contribution in [2.24, 2.45) is 0 Å². The van der Waals surface area contributed by atoms with Gasteiger partial charge in [-0.15, -0.1) is 0 Å². The summed E-state index contributed by atoms with van der Waals surface area (Å²) < 4.78 is 13.1. The number of rotatable bonds is 8. The van der Waals surface area contributed by atoms with Gasteiger partial charge in [0.2, 0.25) is 5.91 Å². The van der Waals surface area contributed by atoms with Gasteiger partial charge in [-0.1, -0.05) is 31.4 Å². The standard InChI is InChI=1S/C29H35N3O4/c1-3-35-23-13-11-21(12-14-23)17-18-32-27(33)25-16-15-24(26-10-7-19-36-26)31(25)20-29(32,2)28(34)30-22-8-5-4-6-9-22/h7,10-16,19,22H,3-6,8-9,17-18,20H2,1-2H3,(H,30,34). The molecule has 1 aromatic carbocycles. The van der Waals surface area contributed by atoms with Crippen molar-refractivity contribution in [3.63, 3.8) is 0 Å². The van der Waals surface area contributed by atoms with Crippen LogP contribution in [0.25, 0.3) is 11.5 Å². The molecule has 7 nitrogen and oxygen atoms in total. The van der Waals surface area contributed by atoms with Crippen LogP contribution in [0.15, 0.2) is 59.2 Å². The lowest BCUT2D eigenvalue weighted by Gasteiger charge is -2.45. The molecule has 2 amide bonds. The first kappa shape index (κ1) is 24.2. The molecule has 1 atom stereocenters. The van der Waals surface area contributed by atoms with E-state index >= 15 is 0 Å². The molecule has 36 heavy (non-hydrogen) atoms. The summed E-state index contributed by atoms with van der Waals surface area (Å²) in [5, 5.41) is 3.29. The lowest BCUT2D eigenvalue weighted by Crippen LogP contribution is -2.65. The fourth-order valence-corrected chi connectivity index (χ4v) is 5.51. The second-order valence-corrected chi connectivity index (χ2v) is 10.0. The van der Waals surface area contributed by atoms with Crippen molar-refractivity contribution < 1.29 is 18.7 Å². The predicted molar refractivity (Wildman–Crippen MR) is 138 cm³/mol. The normalized spacial score (nSPS) is 20.3. The molecule has 1 unspecified atom stereocenters. The molecule has 0 bridgehead atoms. The molecule has 1 saturated carbocycles. The van der Waals surface area contributed by atoms with Crippen molar-refractivity contribution in [1.29, 1.82) is 0 Å². The van der Waals surface area contributed by atoms with Crippen molar-refractivity contribution in [3.8, 4) is 17.2 Å². The molecule has 0 radical (unpaired) electrons. The van der Waals surface area contributed by atoms with E-state index in [4.69, 9.17) is 9.15 Å². The molecule has 2 aromatic heterocycles. The van der Waals surface area contributed by atoms with Crippen molar-refractivity contribution in [2.45, 2.75) is 70.5 Å². The van der Waals surface area contributed by atoms with Gasteiger partial charge in [-0.25, -0.2) is 0 Å². The highest BCUT2D eigenvalue weighted by Crippen LogP contribution is 2.34. The maximum Gasteiger partial charge on any atom is 0.271 e. The fourth-order valence-electron chi connectivity index (χ4n) is 5.51. The summed E-state index contributed by atoms with van der Waals surface area (Å²) in [6.45, 7) is 5.30. The average Bonchev–Trinajstić information content (AvgIpc) is 3.56. The van der Waals surface area contributed by atoms with E-state index < -0.39 is 5.54 Å². The average molecular weight is 490 g/mol. The molecule has 1 aliphatic heterocycles. The van der Waals surface area contributed by atoms with E-state index in [1.54, 1.807) is 11.2 Å². The molecule has 0 saturated heterocycles. The number of carbonyl (C=O) groups excluding carboxylic acids is 2. The van der Waals surface area contributed by atoms with Crippen LogP contribution in [0, 0.1) is 0 Å². The van der Waals surface area contributed by atoms with Gasteiger partial charge in [-0.2, -0.15) is 0 Å². The molecule has 7 heteroatoms. The van der Waals surface area contributed by atoms with E-state index in [9.17, 15) is 9.59 Å². The molecule has 0 spiro atoms. The van der Waals surface area contributed by atoms with Crippen molar-refractivity contribution >= 4 is 11.8 Å². The van der Waals surface area contributed by atoms with Crippen LogP contribution in [-0.2, 0) is 17.8 Å². The number of furan rings is 1. The van der Waals surface area contributed by atoms with Gasteiger partial charge in [-0.3, -0.25) is 9.59 Å². The molecule has 2 aliphatic rings. The summed E-state index contributed by atoms with van der Waals surface area (Å²) >= 11 is 0. The van der Waals surface area contributed by atoms with Gasteiger partial charge in [0, 0.05) is 12.6 Å². The molecule has 1 aliphatic carbocycles. The minimum atomic E-state index is -1.02. The number of aromatic nitrogens is 1. The number of hydrogen-bond donors (Lipinski definition) is 1. The van der Waals surface area contributed by atoms with E-state index in [1.165, 1.54) is 6.42 Å². The Labute approximate surface area is 212 Å². The minimum Gasteiger partial charge on any atom is -0.494 e. The Hall–Kier alpha value is -3.48. The van der Waals surface area contributed by atoms with Crippen molar-refractivity contribution in [2.75, 3.05) is 13.2 Å². The number of fused-ring (bicyclic) bond motifs is 1. The van der Waals surface area contributed by atoms with E-state index in [0.29, 0.717) is 37.6 Å². The lowest BCUT2D eigenvalue weighted by atomic mass is 9.91. The van der Waals surface area contributed by atoms with E-state index in [-0.39, 0.29) is 17.9 Å². The van der Waals surface area contributed by atoms with Crippen LogP contribution in [0.4, 0.5) is 0 Å². The van der Waals surface area contributed by atoms with Gasteiger partial charge >= 0.3 is 0 Å². The third-order valence-corrected chi connectivity index (χ3v) is 7.57. The van der Waals surface area contributed by atoms with Crippen LogP contribution in [0.3, 0.4) is 0 Å². The monoisotopic (exact) mass is 489 g/mol. The van der Waals surface area contributed by atoms with E-state index in [1.807, 2.05) is 66.9 Å². The molecular formula is C29H35N3O4. The minimum absolute atomic E-state index is 0.0841. The zero-order valence-electron chi connectivity index (χ0n) is 21.2. The third-order valence-electron chi connectivity index (χ3n) is 7.57. The highest BCUT2D eigenvalue weighted by Gasteiger charge is 2.48. The Balaban J connectivity index is 1.43. The number of ether oxygens (including phenoxy) is 1. The summed E-state index contributed by atoms with van der Waals surface area (Å²) in [5.41, 5.74) is 1.47. The number of hydrogen-bond acceptors (Lipinski definition) is 4. The summed E-state index contributed by atoms with van der Waals surface area (Å²) in [5.74, 6) is 1.30. The predicted octanol–water partition coefficient (Wildman–Crippen LogP) is 5.05. The molecule has 1 fully saturated rings. The van der Waals surface area contributed by atoms with Crippen molar-refractivity contribution in [3.05, 3.63) is 66.1 Å². The van der Waals surface area contributed by atoms with Crippen LogP contribution in [0.2, 0.25) is 0 Å². The third kappa shape index (κ3) is 4.66. The largest absolute Gasteiger partial charge is 0.494 e. The molecular weight excluding hydrogens is 454 g/mol. The van der Waals surface area contributed by atoms with Crippen LogP contribution in [0.1, 0.15) is 62.0 Å². The lowest BCUT2D eigenvalue weighted by molar-refractivity contribution is -0.133. The number of carbonyl (C=O) groups is 2. The van der Waals surface area contributed by atoms with E-state index in [0.717, 1.165) is 42.7 Å². The molecule has 3 aromatic rings. The summed E-state index contributed by atoms with van der Waals surface area (Å²) in [4.78, 5) is 29.5. The first-order valence-corrected chi connectivity index (χ1v) is 13.1. The second kappa shape index (κ2) is 10.2. The first-order chi connectivity index (χ1) is 17.5. The highest BCUT2D eigenvalue weighted by molar-refractivity contribution is 6.00. The Morgan fingerprint density at radius 1 is 1.08 bits per heavy atom. The van der Waals surface area contributed by atoms with Crippen LogP contribution >= 0.6 is 0 Å². The number of nitrogens with one attached hydrogen (secondary N) is 1. The fraction of sp³-hybridized carbons (Fsp3) is 0.448. The summed E-state index contributed by atoms with van der Waals surface area (Å²) in [6, 6.07) is 15.6. The Morgan fingerprint density at radius 3 is 2.53 bits per heavy atom. The second-order valence-electron chi connectivity index (χ2n) is 10.0. The zero-order chi connectivity index (χ0) is 25.1. The Kier molecular flexibility index (Phi) is 6.90. The number of benzene rings is 1. The maximum atomic E-state index is 13.8. The van der Waals surface area contributed by atoms with Gasteiger partial charge in [-0.05, 0) is 75.1 Å². The van der Waals surface area contributed by atoms with Gasteiger partial charge in [0.1, 0.15) is 22.7 Å². The van der Waals surface area contributed by atoms with Crippen LogP contribution in [-0.4, -0.2) is 46.0 Å². The Morgan fingerprint density at radius 2 is 1.83 bits per heavy atom. The van der Waals surface area contributed by atoms with Gasteiger partial charge in [0.25, 0.3) is 5.91 Å². The topological polar surface area (TPSA) is 76.7 Å². The van der Waals surface area contributed by atoms with E-state index in [2.05, 4.69) is 5.32 Å². The first-order valence-electron chi connectivity index (χ1n) is 13.1. The van der Waals surface area contributed by atoms with Crippen molar-refractivity contribution in [1.82, 2.24) is 14.8 Å². The summed E-state index contributed by atoms with van der Waals surface area (Å²) in [7, 11) is 0. The van der Waals surface area contributed by atoms with Crippen LogP contribution < -0.4 is 10.1 Å². The number of nitrogens with zero attached hydrogens (tertiary/aromatic N) is 2. The quantitative estimate of drug-likeness (QED) is 0.480. The summed E-state index contributed by atoms with van der Waals surface area (Å²) in [6.07, 6.45) is 7.74. The Bertz CT molecular complexity index is 1190. The number of amides is 2. The smallest absolute Gasteiger partial charge is 0.271 e. The maximum absolute atomic E-state index is 13.8. The molecule has 5 rings (SSSR count). The molecule has 190 valence electrons. The highest BCUT2D eigenvalue weighted by atomic mass is 16.5. The molecule has 1 N–H and O–H groups in total. The van der Waals surface area contributed by atoms with Crippen LogP contribution in [0.5, 0.6) is 5.75 Å². The zero-order valence-corrected chi connectivity index (χ0v) is 21.2. The van der Waals surface area contributed by atoms with Gasteiger partial charge in [0.15, 0.2) is 0 Å². The molecule has 3 heterocycles. The van der Waals surface area contributed by atoms with Gasteiger partial charge < -0.3 is 23.9 Å².